The van der Waals surface area contributed by atoms with Crippen molar-refractivity contribution < 1.29 is 20.4 Å². The Bertz CT molecular complexity index is 2790. The first-order valence-corrected chi connectivity index (χ1v) is 21.8. The molecule has 2 aliphatic heterocycles. The van der Waals surface area contributed by atoms with Crippen LogP contribution in [0.2, 0.25) is 0 Å². The summed E-state index contributed by atoms with van der Waals surface area (Å²) in [6.07, 6.45) is 5.23. The number of aromatic amines is 2. The van der Waals surface area contributed by atoms with Crippen LogP contribution in [0.1, 0.15) is 22.8 Å². The molecular weight excluding hydrogens is 1160 g/mol. The lowest BCUT2D eigenvalue weighted by Gasteiger charge is -2.10. The number of rotatable bonds is 4. The second-order valence-corrected chi connectivity index (χ2v) is 18.1. The lowest BCUT2D eigenvalue weighted by atomic mass is 10.0. The van der Waals surface area contributed by atoms with E-state index in [0.29, 0.717) is 24.2 Å². The molecular formula is C44H28I4N4O4. The predicted molar refractivity (Wildman–Crippen MR) is 257 cm³/mol. The predicted octanol–water partition coefficient (Wildman–Crippen LogP) is 12.2. The van der Waals surface area contributed by atoms with E-state index in [9.17, 15) is 20.4 Å². The Morgan fingerprint density at radius 1 is 0.393 bits per heavy atom. The van der Waals surface area contributed by atoms with Gasteiger partial charge in [0.25, 0.3) is 0 Å². The van der Waals surface area contributed by atoms with Crippen molar-refractivity contribution in [1.29, 1.82) is 0 Å². The first-order valence-electron chi connectivity index (χ1n) is 17.4. The molecule has 8 bridgehead atoms. The van der Waals surface area contributed by atoms with Gasteiger partial charge < -0.3 is 30.4 Å². The Labute approximate surface area is 375 Å². The third-order valence-corrected chi connectivity index (χ3v) is 13.7. The maximum Gasteiger partial charge on any atom is 0.116 e. The van der Waals surface area contributed by atoms with Gasteiger partial charge in [0.15, 0.2) is 0 Å². The van der Waals surface area contributed by atoms with Gasteiger partial charge in [-0.05, 0) is 212 Å². The van der Waals surface area contributed by atoms with Gasteiger partial charge >= 0.3 is 0 Å². The number of hydrogen-bond donors (Lipinski definition) is 6. The molecule has 3 aromatic heterocycles. The van der Waals surface area contributed by atoms with E-state index in [-0.39, 0.29) is 23.0 Å². The third-order valence-electron chi connectivity index (χ3n) is 9.92. The van der Waals surface area contributed by atoms with Crippen molar-refractivity contribution in [3.8, 4) is 67.5 Å². The molecule has 4 aromatic carbocycles. The zero-order chi connectivity index (χ0) is 38.8. The van der Waals surface area contributed by atoms with E-state index < -0.39 is 0 Å². The maximum atomic E-state index is 10.8. The molecule has 0 saturated heterocycles. The van der Waals surface area contributed by atoms with Crippen molar-refractivity contribution in [3.63, 3.8) is 0 Å². The standard InChI is InChI=1S/C44H28I4N4O4/c45-29-5-1-21(53)17-25(29)41-33-9-11-35(49-33)42(26-18-22(54)2-6-30(26)46)37-13-15-39(51-37)44(28-20-24(56)4-8-32(28)48)40-16-14-38(52-40)43(36-12-10-34(41)50-36)27-19-23(55)3-7-31(27)47/h1-13,15,17-20,50-51,53-56H,14,16H2. The summed E-state index contributed by atoms with van der Waals surface area (Å²) < 4.78 is 3.78. The average molecular weight is 1180 g/mol. The highest BCUT2D eigenvalue weighted by atomic mass is 127. The molecule has 0 radical (unpaired) electrons. The quantitative estimate of drug-likeness (QED) is 0.0971. The van der Waals surface area contributed by atoms with Gasteiger partial charge in [-0.25, -0.2) is 4.98 Å². The molecule has 9 rings (SSSR count). The van der Waals surface area contributed by atoms with Crippen LogP contribution in [0.15, 0.2) is 97.1 Å². The van der Waals surface area contributed by atoms with Crippen LogP contribution in [-0.2, 0) is 12.8 Å². The van der Waals surface area contributed by atoms with E-state index in [1.807, 2.05) is 60.7 Å². The van der Waals surface area contributed by atoms with E-state index in [4.69, 9.17) is 9.97 Å². The molecule has 5 heterocycles. The average Bonchev–Trinajstić information content (AvgIpc) is 4.01. The minimum atomic E-state index is 0.137. The fraction of sp³-hybridized carbons (Fsp3) is 0.0455. The van der Waals surface area contributed by atoms with Crippen molar-refractivity contribution in [1.82, 2.24) is 19.9 Å². The minimum Gasteiger partial charge on any atom is -0.508 e. The van der Waals surface area contributed by atoms with Crippen LogP contribution in [-0.4, -0.2) is 40.4 Å². The molecule has 276 valence electrons. The summed E-state index contributed by atoms with van der Waals surface area (Å²) >= 11 is 9.20. The van der Waals surface area contributed by atoms with Crippen molar-refractivity contribution >= 4 is 125 Å². The second kappa shape index (κ2) is 15.0. The first-order chi connectivity index (χ1) is 27.0. The monoisotopic (exact) mass is 1180 g/mol. The fourth-order valence-corrected chi connectivity index (χ4v) is 9.88. The molecule has 0 saturated carbocycles. The van der Waals surface area contributed by atoms with E-state index in [0.717, 1.165) is 92.2 Å². The summed E-state index contributed by atoms with van der Waals surface area (Å²) in [5.41, 5.74) is 12.9. The van der Waals surface area contributed by atoms with Gasteiger partial charge in [0.2, 0.25) is 0 Å². The zero-order valence-electron chi connectivity index (χ0n) is 29.0. The number of hydrogen-bond acceptors (Lipinski definition) is 6. The summed E-state index contributed by atoms with van der Waals surface area (Å²) in [6.45, 7) is 0. The van der Waals surface area contributed by atoms with Gasteiger partial charge in [-0.15, -0.1) is 0 Å². The van der Waals surface area contributed by atoms with Crippen LogP contribution in [0.25, 0.3) is 78.7 Å². The zero-order valence-corrected chi connectivity index (χ0v) is 37.6. The number of nitrogens with one attached hydrogen (secondary N) is 2. The first kappa shape index (κ1) is 37.4. The minimum absolute atomic E-state index is 0.137. The molecule has 12 heteroatoms. The Balaban J connectivity index is 1.52. The number of aryl methyl sites for hydroxylation is 2. The molecule has 0 amide bonds. The number of phenolic OH excluding ortho intramolecular Hbond substituents is 4. The van der Waals surface area contributed by atoms with Crippen molar-refractivity contribution in [3.05, 3.63) is 134 Å². The van der Waals surface area contributed by atoms with Gasteiger partial charge in [-0.3, -0.25) is 4.98 Å². The summed E-state index contributed by atoms with van der Waals surface area (Å²) in [4.78, 5) is 18.2. The number of benzene rings is 4. The largest absolute Gasteiger partial charge is 0.508 e. The highest BCUT2D eigenvalue weighted by Crippen LogP contribution is 2.42. The molecule has 8 nitrogen and oxygen atoms in total. The lowest BCUT2D eigenvalue weighted by Crippen LogP contribution is -1.92. The summed E-state index contributed by atoms with van der Waals surface area (Å²) in [5, 5.41) is 43.1. The topological polar surface area (TPSA) is 138 Å². The lowest BCUT2D eigenvalue weighted by molar-refractivity contribution is 0.475. The van der Waals surface area contributed by atoms with E-state index >= 15 is 0 Å². The number of halogens is 4. The molecule has 2 aliphatic rings. The molecule has 7 aromatic rings. The van der Waals surface area contributed by atoms with E-state index in [2.05, 4.69) is 100 Å². The molecule has 6 N–H and O–H groups in total. The van der Waals surface area contributed by atoms with Crippen molar-refractivity contribution in [2.45, 2.75) is 12.8 Å². The highest BCUT2D eigenvalue weighted by molar-refractivity contribution is 14.1. The number of fused-ring (bicyclic) bond motifs is 8. The van der Waals surface area contributed by atoms with Crippen LogP contribution in [0.3, 0.4) is 0 Å². The smallest absolute Gasteiger partial charge is 0.116 e. The second-order valence-electron chi connectivity index (χ2n) is 13.4. The van der Waals surface area contributed by atoms with Gasteiger partial charge in [0, 0.05) is 80.9 Å². The third kappa shape index (κ3) is 6.85. The van der Waals surface area contributed by atoms with Gasteiger partial charge in [0.1, 0.15) is 23.0 Å². The number of nitrogens with zero attached hydrogens (tertiary/aromatic N) is 2. The van der Waals surface area contributed by atoms with E-state index in [1.54, 1.807) is 48.5 Å². The number of aromatic nitrogens is 4. The van der Waals surface area contributed by atoms with Gasteiger partial charge in [-0.2, -0.15) is 0 Å². The molecule has 0 fully saturated rings. The van der Waals surface area contributed by atoms with Gasteiger partial charge in [-0.1, -0.05) is 0 Å². The normalized spacial score (nSPS) is 12.4. The fourth-order valence-electron chi connectivity index (χ4n) is 7.46. The van der Waals surface area contributed by atoms with Gasteiger partial charge in [0.05, 0.1) is 22.8 Å². The Morgan fingerprint density at radius 2 is 0.696 bits per heavy atom. The molecule has 0 spiro atoms. The number of phenols is 4. The molecule has 0 atom stereocenters. The highest BCUT2D eigenvalue weighted by Gasteiger charge is 2.24. The van der Waals surface area contributed by atoms with Crippen LogP contribution in [0, 0.1) is 14.3 Å². The summed E-state index contributed by atoms with van der Waals surface area (Å²) in [5.74, 6) is 0.576. The van der Waals surface area contributed by atoms with Crippen molar-refractivity contribution in [2.24, 2.45) is 0 Å². The maximum absolute atomic E-state index is 10.8. The molecule has 0 unspecified atom stereocenters. The number of H-pyrrole nitrogens is 2. The van der Waals surface area contributed by atoms with Crippen LogP contribution in [0.4, 0.5) is 0 Å². The van der Waals surface area contributed by atoms with Crippen LogP contribution < -0.4 is 0 Å². The summed E-state index contributed by atoms with van der Waals surface area (Å²) in [7, 11) is 0. The Hall–Kier alpha value is -4.14. The molecule has 56 heavy (non-hydrogen) atoms. The van der Waals surface area contributed by atoms with Crippen LogP contribution >= 0.6 is 90.4 Å². The van der Waals surface area contributed by atoms with E-state index in [1.165, 1.54) is 0 Å². The Morgan fingerprint density at radius 3 is 1.04 bits per heavy atom. The van der Waals surface area contributed by atoms with Crippen molar-refractivity contribution in [2.75, 3.05) is 0 Å². The number of aromatic hydroxyl groups is 4. The summed E-state index contributed by atoms with van der Waals surface area (Å²) in [6, 6.07) is 29.5. The van der Waals surface area contributed by atoms with Crippen LogP contribution in [0.5, 0.6) is 23.0 Å². The Kier molecular flexibility index (Phi) is 10.0. The molecule has 0 aliphatic carbocycles. The SMILES string of the molecule is Oc1ccc(I)c(-c2c3nc(c(-c4cc(O)ccc4I)c4ccc([nH]4)c(-c4cc(O)ccc4I)c4nc(c(-c5cc(O)ccc5I)c5ccc2[nH]5)CC4)C=C3)c1.